The molecule has 0 aliphatic rings. The van der Waals surface area contributed by atoms with E-state index >= 15 is 0 Å². The van der Waals surface area contributed by atoms with Gasteiger partial charge in [0.25, 0.3) is 0 Å². The van der Waals surface area contributed by atoms with Gasteiger partial charge in [0.2, 0.25) is 15.9 Å². The van der Waals surface area contributed by atoms with E-state index in [9.17, 15) is 13.2 Å². The molecule has 1 aromatic carbocycles. The molecule has 7 heteroatoms. The Kier molecular flexibility index (Phi) is 5.46. The van der Waals surface area contributed by atoms with Crippen molar-refractivity contribution in [3.05, 3.63) is 24.3 Å². The molecule has 1 unspecified atom stereocenters. The Bertz CT molecular complexity index is 542. The summed E-state index contributed by atoms with van der Waals surface area (Å²) in [7, 11) is -2.19. The average molecular weight is 286 g/mol. The minimum absolute atomic E-state index is 0.0322. The molecule has 0 radical (unpaired) electrons. The normalized spacial score (nSPS) is 13.0. The summed E-state index contributed by atoms with van der Waals surface area (Å²) in [5.74, 6) is -0.109. The van der Waals surface area contributed by atoms with Crippen LogP contribution in [-0.2, 0) is 19.6 Å². The van der Waals surface area contributed by atoms with Crippen molar-refractivity contribution in [3.63, 3.8) is 0 Å². The van der Waals surface area contributed by atoms with Crippen molar-refractivity contribution >= 4 is 21.6 Å². The molecule has 0 aliphatic carbocycles. The molecule has 1 atom stereocenters. The first kappa shape index (κ1) is 15.6. The summed E-state index contributed by atoms with van der Waals surface area (Å²) in [6, 6.07) is 5.83. The van der Waals surface area contributed by atoms with Crippen molar-refractivity contribution in [3.8, 4) is 0 Å². The maximum Gasteiger partial charge on any atom is 0.238 e. The highest BCUT2D eigenvalue weighted by atomic mass is 32.2. The number of nitrogens with one attached hydrogen (secondary N) is 1. The van der Waals surface area contributed by atoms with Gasteiger partial charge in [-0.05, 0) is 24.1 Å². The summed E-state index contributed by atoms with van der Waals surface area (Å²) in [6.07, 6.45) is 0.299. The molecule has 0 bridgehead atoms. The quantitative estimate of drug-likeness (QED) is 0.813. The van der Waals surface area contributed by atoms with Crippen LogP contribution < -0.4 is 10.5 Å². The fourth-order valence-electron chi connectivity index (χ4n) is 1.62. The van der Waals surface area contributed by atoms with Crippen LogP contribution in [0.25, 0.3) is 0 Å². The van der Waals surface area contributed by atoms with E-state index in [1.165, 1.54) is 18.2 Å². The minimum atomic E-state index is -3.76. The molecule has 0 fully saturated rings. The Morgan fingerprint density at radius 1 is 1.47 bits per heavy atom. The number of primary sulfonamides is 1. The number of rotatable bonds is 6. The predicted octanol–water partition coefficient (Wildman–Crippen LogP) is 0.945. The zero-order valence-corrected chi connectivity index (χ0v) is 11.7. The van der Waals surface area contributed by atoms with Gasteiger partial charge in [-0.15, -0.1) is 0 Å². The van der Waals surface area contributed by atoms with Gasteiger partial charge < -0.3 is 10.1 Å². The van der Waals surface area contributed by atoms with Crippen LogP contribution in [0.5, 0.6) is 0 Å². The van der Waals surface area contributed by atoms with Crippen LogP contribution in [0.3, 0.4) is 0 Å². The molecular weight excluding hydrogens is 268 g/mol. The highest BCUT2D eigenvalue weighted by molar-refractivity contribution is 7.89. The zero-order chi connectivity index (χ0) is 14.5. The number of sulfonamides is 1. The van der Waals surface area contributed by atoms with Crippen molar-refractivity contribution < 1.29 is 17.9 Å². The van der Waals surface area contributed by atoms with Crippen LogP contribution in [-0.4, -0.2) is 28.0 Å². The Morgan fingerprint density at radius 2 is 2.16 bits per heavy atom. The fraction of sp³-hybridized carbons (Fsp3) is 0.417. The summed E-state index contributed by atoms with van der Waals surface area (Å²) < 4.78 is 27.3. The lowest BCUT2D eigenvalue weighted by atomic mass is 10.1. The number of hydrogen-bond acceptors (Lipinski definition) is 4. The van der Waals surface area contributed by atoms with Crippen molar-refractivity contribution in [1.29, 1.82) is 0 Å². The molecule has 6 nitrogen and oxygen atoms in total. The van der Waals surface area contributed by atoms with E-state index in [0.29, 0.717) is 18.7 Å². The van der Waals surface area contributed by atoms with Crippen LogP contribution in [0.15, 0.2) is 29.2 Å². The molecule has 0 spiro atoms. The summed E-state index contributed by atoms with van der Waals surface area (Å²) in [6.45, 7) is 2.38. The van der Waals surface area contributed by atoms with Crippen LogP contribution in [0.4, 0.5) is 5.69 Å². The molecular formula is C12H18N2O4S. The number of nitrogens with two attached hydrogens (primary N) is 1. The number of anilines is 1. The number of methoxy groups -OCH3 is 1. The molecule has 3 N–H and O–H groups in total. The van der Waals surface area contributed by atoms with Crippen molar-refractivity contribution in [2.45, 2.75) is 18.2 Å². The van der Waals surface area contributed by atoms with Crippen LogP contribution >= 0.6 is 0 Å². The SMILES string of the molecule is COCC(C)CC(=O)Nc1cccc(S(N)(=O)=O)c1. The first-order valence-electron chi connectivity index (χ1n) is 5.74. The van der Waals surface area contributed by atoms with E-state index in [1.807, 2.05) is 6.92 Å². The molecule has 0 saturated heterocycles. The molecule has 0 aromatic heterocycles. The standard InChI is InChI=1S/C12H18N2O4S/c1-9(8-18-2)6-12(15)14-10-4-3-5-11(7-10)19(13,16)17/h3-5,7,9H,6,8H2,1-2H3,(H,14,15)(H2,13,16,17). The maximum absolute atomic E-state index is 11.7. The lowest BCUT2D eigenvalue weighted by Gasteiger charge is -2.11. The lowest BCUT2D eigenvalue weighted by molar-refractivity contribution is -0.117. The monoisotopic (exact) mass is 286 g/mol. The van der Waals surface area contributed by atoms with Gasteiger partial charge in [-0.3, -0.25) is 4.79 Å². The van der Waals surface area contributed by atoms with Gasteiger partial charge in [-0.1, -0.05) is 13.0 Å². The third kappa shape index (κ3) is 5.37. The Labute approximate surface area is 113 Å². The third-order valence-electron chi connectivity index (χ3n) is 2.43. The number of carbonyl (C=O) groups excluding carboxylic acids is 1. The van der Waals surface area contributed by atoms with E-state index < -0.39 is 10.0 Å². The Hall–Kier alpha value is -1.44. The molecule has 0 heterocycles. The molecule has 1 amide bonds. The zero-order valence-electron chi connectivity index (χ0n) is 10.9. The predicted molar refractivity (Wildman–Crippen MR) is 72.1 cm³/mol. The number of amides is 1. The molecule has 1 aromatic rings. The third-order valence-corrected chi connectivity index (χ3v) is 3.34. The van der Waals surface area contributed by atoms with E-state index in [4.69, 9.17) is 9.88 Å². The second-order valence-corrected chi connectivity index (χ2v) is 5.95. The van der Waals surface area contributed by atoms with E-state index in [1.54, 1.807) is 13.2 Å². The summed E-state index contributed by atoms with van der Waals surface area (Å²) in [4.78, 5) is 11.7. The molecule has 106 valence electrons. The molecule has 19 heavy (non-hydrogen) atoms. The topological polar surface area (TPSA) is 98.5 Å². The summed E-state index contributed by atoms with van der Waals surface area (Å²) in [5.41, 5.74) is 0.404. The number of benzene rings is 1. The second-order valence-electron chi connectivity index (χ2n) is 4.39. The summed E-state index contributed by atoms with van der Waals surface area (Å²) in [5, 5.41) is 7.65. The Balaban J connectivity index is 2.70. The van der Waals surface area contributed by atoms with Gasteiger partial charge in [-0.2, -0.15) is 0 Å². The van der Waals surface area contributed by atoms with Gasteiger partial charge in [0, 0.05) is 25.8 Å². The van der Waals surface area contributed by atoms with Crippen LogP contribution in [0, 0.1) is 5.92 Å². The minimum Gasteiger partial charge on any atom is -0.384 e. The van der Waals surface area contributed by atoms with Gasteiger partial charge in [0.1, 0.15) is 0 Å². The lowest BCUT2D eigenvalue weighted by Crippen LogP contribution is -2.18. The number of carbonyl (C=O) groups is 1. The van der Waals surface area contributed by atoms with E-state index in [-0.39, 0.29) is 16.7 Å². The van der Waals surface area contributed by atoms with E-state index in [0.717, 1.165) is 0 Å². The fourth-order valence-corrected chi connectivity index (χ4v) is 2.18. The average Bonchev–Trinajstić information content (AvgIpc) is 2.28. The van der Waals surface area contributed by atoms with Gasteiger partial charge in [0.05, 0.1) is 4.90 Å². The second kappa shape index (κ2) is 6.65. The first-order valence-corrected chi connectivity index (χ1v) is 7.29. The van der Waals surface area contributed by atoms with E-state index in [2.05, 4.69) is 5.32 Å². The highest BCUT2D eigenvalue weighted by Gasteiger charge is 2.11. The van der Waals surface area contributed by atoms with Crippen LogP contribution in [0.2, 0.25) is 0 Å². The summed E-state index contributed by atoms with van der Waals surface area (Å²) >= 11 is 0. The molecule has 0 aliphatic heterocycles. The van der Waals surface area contributed by atoms with Gasteiger partial charge in [-0.25, -0.2) is 13.6 Å². The van der Waals surface area contributed by atoms with Gasteiger partial charge in [0.15, 0.2) is 0 Å². The molecule has 0 saturated carbocycles. The number of hydrogen-bond donors (Lipinski definition) is 2. The van der Waals surface area contributed by atoms with Crippen molar-refractivity contribution in [1.82, 2.24) is 0 Å². The Morgan fingerprint density at radius 3 is 2.74 bits per heavy atom. The van der Waals surface area contributed by atoms with Crippen molar-refractivity contribution in [2.75, 3.05) is 19.0 Å². The largest absolute Gasteiger partial charge is 0.384 e. The molecule has 1 rings (SSSR count). The van der Waals surface area contributed by atoms with Crippen LogP contribution in [0.1, 0.15) is 13.3 Å². The van der Waals surface area contributed by atoms with Crippen molar-refractivity contribution in [2.24, 2.45) is 11.1 Å². The van der Waals surface area contributed by atoms with Gasteiger partial charge >= 0.3 is 0 Å². The smallest absolute Gasteiger partial charge is 0.238 e. The maximum atomic E-state index is 11.7. The highest BCUT2D eigenvalue weighted by Crippen LogP contribution is 2.15. The first-order chi connectivity index (χ1) is 8.82. The number of ether oxygens (including phenoxy) is 1.